The van der Waals surface area contributed by atoms with Gasteiger partial charge in [0.15, 0.2) is 0 Å². The molecule has 0 aliphatic carbocycles. The number of halogens is 1. The predicted molar refractivity (Wildman–Crippen MR) is 69.8 cm³/mol. The van der Waals surface area contributed by atoms with Crippen LogP contribution in [0, 0.1) is 5.92 Å². The second-order valence-corrected chi connectivity index (χ2v) is 6.96. The Hall–Kier alpha value is 0.1000. The van der Waals surface area contributed by atoms with Gasteiger partial charge in [-0.2, -0.15) is 0 Å². The van der Waals surface area contributed by atoms with Gasteiger partial charge in [0.25, 0.3) is 0 Å². The summed E-state index contributed by atoms with van der Waals surface area (Å²) in [5.41, 5.74) is -0.447. The molecule has 3 unspecified atom stereocenters. The molecule has 16 heavy (non-hydrogen) atoms. The van der Waals surface area contributed by atoms with Crippen LogP contribution in [-0.2, 0) is 6.42 Å². The van der Waals surface area contributed by atoms with E-state index in [1.165, 1.54) is 17.8 Å². The van der Waals surface area contributed by atoms with Gasteiger partial charge in [-0.25, -0.2) is 0 Å². The normalized spacial score (nSPS) is 37.9. The van der Waals surface area contributed by atoms with E-state index in [1.54, 1.807) is 11.3 Å². The van der Waals surface area contributed by atoms with Gasteiger partial charge in [-0.3, -0.25) is 0 Å². The van der Waals surface area contributed by atoms with Crippen LogP contribution in [0.4, 0.5) is 0 Å². The monoisotopic (exact) mass is 301 g/mol. The number of nitrogens with zero attached hydrogens (tertiary/aromatic N) is 1. The molecule has 1 N–H and O–H groups in total. The molecule has 2 fully saturated rings. The van der Waals surface area contributed by atoms with Crippen LogP contribution in [0.25, 0.3) is 0 Å². The van der Waals surface area contributed by atoms with Crippen LogP contribution in [0.2, 0.25) is 0 Å². The molecule has 1 aromatic heterocycles. The van der Waals surface area contributed by atoms with Gasteiger partial charge in [0, 0.05) is 40.2 Å². The lowest BCUT2D eigenvalue weighted by Crippen LogP contribution is -2.47. The summed E-state index contributed by atoms with van der Waals surface area (Å²) in [7, 11) is 0. The number of aliphatic hydroxyl groups is 1. The lowest BCUT2D eigenvalue weighted by atomic mass is 9.79. The average Bonchev–Trinajstić information content (AvgIpc) is 2.82. The first-order chi connectivity index (χ1) is 7.66. The van der Waals surface area contributed by atoms with Crippen molar-refractivity contribution >= 4 is 27.3 Å². The smallest absolute Gasteiger partial charge is 0.0748 e. The zero-order chi connectivity index (χ0) is 11.2. The van der Waals surface area contributed by atoms with Crippen molar-refractivity contribution in [1.82, 2.24) is 4.90 Å². The fourth-order valence-electron chi connectivity index (χ4n) is 3.01. The summed E-state index contributed by atoms with van der Waals surface area (Å²) < 4.78 is 1.14. The summed E-state index contributed by atoms with van der Waals surface area (Å²) in [6, 6.07) is 2.14. The SMILES string of the molecule is OC1(Cc2cc(Br)cs2)CCN2CCC1C2. The highest BCUT2D eigenvalue weighted by Gasteiger charge is 2.44. The molecule has 3 atom stereocenters. The third-order valence-corrected chi connectivity index (χ3v) is 5.69. The Morgan fingerprint density at radius 2 is 2.44 bits per heavy atom. The molecule has 0 spiro atoms. The van der Waals surface area contributed by atoms with E-state index < -0.39 is 5.60 Å². The Kier molecular flexibility index (Phi) is 2.86. The standard InChI is InChI=1S/C12H16BrNOS/c13-10-5-11(16-8-10)6-12(15)2-4-14-3-1-9(12)7-14/h5,8-9,15H,1-4,6-7H2. The third-order valence-electron chi connectivity index (χ3n) is 4.00. The molecule has 3 heterocycles. The second-order valence-electron chi connectivity index (χ2n) is 5.05. The van der Waals surface area contributed by atoms with Gasteiger partial charge in [-0.1, -0.05) is 0 Å². The molecule has 2 nitrogen and oxygen atoms in total. The molecule has 0 radical (unpaired) electrons. The molecule has 1 aromatic rings. The molecular formula is C12H16BrNOS. The van der Waals surface area contributed by atoms with Crippen LogP contribution in [0.5, 0.6) is 0 Å². The molecule has 2 aliphatic rings. The predicted octanol–water partition coefficient (Wildman–Crippen LogP) is 2.51. The molecule has 0 saturated carbocycles. The van der Waals surface area contributed by atoms with Crippen LogP contribution >= 0.6 is 27.3 Å². The molecule has 2 saturated heterocycles. The molecule has 2 bridgehead atoms. The molecule has 0 amide bonds. The third kappa shape index (κ3) is 1.96. The fourth-order valence-corrected chi connectivity index (χ4v) is 4.58. The molecule has 0 aromatic carbocycles. The minimum Gasteiger partial charge on any atom is -0.389 e. The van der Waals surface area contributed by atoms with Gasteiger partial charge >= 0.3 is 0 Å². The number of hydrogen-bond donors (Lipinski definition) is 1. The van der Waals surface area contributed by atoms with Crippen molar-refractivity contribution in [3.63, 3.8) is 0 Å². The summed E-state index contributed by atoms with van der Waals surface area (Å²) in [6.45, 7) is 3.35. The number of rotatable bonds is 2. The van der Waals surface area contributed by atoms with Crippen LogP contribution in [0.1, 0.15) is 17.7 Å². The minimum atomic E-state index is -0.447. The second kappa shape index (κ2) is 4.09. The van der Waals surface area contributed by atoms with E-state index in [-0.39, 0.29) is 0 Å². The van der Waals surface area contributed by atoms with E-state index >= 15 is 0 Å². The molecule has 2 aliphatic heterocycles. The first kappa shape index (κ1) is 11.2. The number of hydrogen-bond acceptors (Lipinski definition) is 3. The van der Waals surface area contributed by atoms with Gasteiger partial charge in [-0.05, 0) is 41.4 Å². The fraction of sp³-hybridized carbons (Fsp3) is 0.667. The Morgan fingerprint density at radius 3 is 3.19 bits per heavy atom. The maximum atomic E-state index is 10.8. The van der Waals surface area contributed by atoms with Crippen LogP contribution in [0.3, 0.4) is 0 Å². The number of fused-ring (bicyclic) bond motifs is 2. The lowest BCUT2D eigenvalue weighted by Gasteiger charge is -2.38. The summed E-state index contributed by atoms with van der Waals surface area (Å²) in [5.74, 6) is 0.488. The first-order valence-electron chi connectivity index (χ1n) is 5.83. The van der Waals surface area contributed by atoms with Crippen molar-refractivity contribution in [2.24, 2.45) is 5.92 Å². The lowest BCUT2D eigenvalue weighted by molar-refractivity contribution is -0.0433. The largest absolute Gasteiger partial charge is 0.389 e. The van der Waals surface area contributed by atoms with Crippen molar-refractivity contribution in [1.29, 1.82) is 0 Å². The summed E-state index contributed by atoms with van der Waals surface area (Å²) in [6.07, 6.45) is 2.94. The molecule has 4 heteroatoms. The van der Waals surface area contributed by atoms with Crippen molar-refractivity contribution < 1.29 is 5.11 Å². The summed E-state index contributed by atoms with van der Waals surface area (Å²) in [5, 5.41) is 12.9. The maximum absolute atomic E-state index is 10.8. The van der Waals surface area contributed by atoms with Gasteiger partial charge in [-0.15, -0.1) is 11.3 Å². The summed E-state index contributed by atoms with van der Waals surface area (Å²) in [4.78, 5) is 3.78. The highest BCUT2D eigenvalue weighted by Crippen LogP contribution is 2.39. The number of piperidine rings is 1. The van der Waals surface area contributed by atoms with Crippen LogP contribution in [0.15, 0.2) is 15.9 Å². The minimum absolute atomic E-state index is 0.447. The Labute approximate surface area is 108 Å². The molecule has 88 valence electrons. The van der Waals surface area contributed by atoms with E-state index in [1.807, 2.05) is 0 Å². The topological polar surface area (TPSA) is 23.5 Å². The maximum Gasteiger partial charge on any atom is 0.0748 e. The Morgan fingerprint density at radius 1 is 1.56 bits per heavy atom. The van der Waals surface area contributed by atoms with Crippen molar-refractivity contribution in [3.05, 3.63) is 20.8 Å². The van der Waals surface area contributed by atoms with E-state index in [9.17, 15) is 5.11 Å². The van der Waals surface area contributed by atoms with Crippen LogP contribution < -0.4 is 0 Å². The molecule has 3 rings (SSSR count). The molecular weight excluding hydrogens is 286 g/mol. The highest BCUT2D eigenvalue weighted by molar-refractivity contribution is 9.10. The quantitative estimate of drug-likeness (QED) is 0.907. The summed E-state index contributed by atoms with van der Waals surface area (Å²) >= 11 is 5.22. The van der Waals surface area contributed by atoms with Gasteiger partial charge in [0.1, 0.15) is 0 Å². The van der Waals surface area contributed by atoms with E-state index in [0.717, 1.165) is 30.4 Å². The number of thiophene rings is 1. The van der Waals surface area contributed by atoms with Gasteiger partial charge in [0.2, 0.25) is 0 Å². The zero-order valence-electron chi connectivity index (χ0n) is 9.16. The van der Waals surface area contributed by atoms with Gasteiger partial charge < -0.3 is 10.0 Å². The van der Waals surface area contributed by atoms with Crippen molar-refractivity contribution in [3.8, 4) is 0 Å². The van der Waals surface area contributed by atoms with Gasteiger partial charge in [0.05, 0.1) is 5.60 Å². The zero-order valence-corrected chi connectivity index (χ0v) is 11.6. The van der Waals surface area contributed by atoms with Crippen molar-refractivity contribution in [2.45, 2.75) is 24.9 Å². The van der Waals surface area contributed by atoms with Crippen molar-refractivity contribution in [2.75, 3.05) is 19.6 Å². The van der Waals surface area contributed by atoms with E-state index in [0.29, 0.717) is 5.92 Å². The first-order valence-corrected chi connectivity index (χ1v) is 7.51. The van der Waals surface area contributed by atoms with E-state index in [4.69, 9.17) is 0 Å². The van der Waals surface area contributed by atoms with Crippen LogP contribution in [-0.4, -0.2) is 35.2 Å². The Bertz CT molecular complexity index is 394. The van der Waals surface area contributed by atoms with E-state index in [2.05, 4.69) is 32.3 Å². The average molecular weight is 302 g/mol. The highest BCUT2D eigenvalue weighted by atomic mass is 79.9. The Balaban J connectivity index is 1.77.